The van der Waals surface area contributed by atoms with Gasteiger partial charge in [0.1, 0.15) is 0 Å². The summed E-state index contributed by atoms with van der Waals surface area (Å²) in [5.41, 5.74) is 3.13. The van der Waals surface area contributed by atoms with Crippen molar-refractivity contribution in [2.45, 2.75) is 57.2 Å². The fraction of sp³-hybridized carbons (Fsp3) is 0.579. The maximum Gasteiger partial charge on any atom is 0.0894 e. The lowest BCUT2D eigenvalue weighted by atomic mass is 9.68. The third-order valence-corrected chi connectivity index (χ3v) is 5.47. The molecule has 0 bridgehead atoms. The van der Waals surface area contributed by atoms with Crippen LogP contribution in [0.1, 0.15) is 56.6 Å². The summed E-state index contributed by atoms with van der Waals surface area (Å²) in [5.74, 6) is 1.37. The predicted octanol–water partition coefficient (Wildman–Crippen LogP) is 5.04. The molecular formula is C19H24O. The van der Waals surface area contributed by atoms with Gasteiger partial charge in [0.2, 0.25) is 0 Å². The van der Waals surface area contributed by atoms with Crippen molar-refractivity contribution in [2.75, 3.05) is 0 Å². The highest BCUT2D eigenvalue weighted by atomic mass is 16.5. The van der Waals surface area contributed by atoms with Gasteiger partial charge in [0.15, 0.2) is 0 Å². The highest BCUT2D eigenvalue weighted by Gasteiger charge is 2.43. The van der Waals surface area contributed by atoms with Gasteiger partial charge in [-0.3, -0.25) is 0 Å². The van der Waals surface area contributed by atoms with E-state index in [0.29, 0.717) is 18.1 Å². The maximum absolute atomic E-state index is 6.61. The normalized spacial score (nSPS) is 36.7. The molecule has 0 unspecified atom stereocenters. The van der Waals surface area contributed by atoms with Gasteiger partial charge < -0.3 is 4.74 Å². The third kappa shape index (κ3) is 2.13. The molecular weight excluding hydrogens is 244 g/mol. The Morgan fingerprint density at radius 3 is 2.55 bits per heavy atom. The van der Waals surface area contributed by atoms with Gasteiger partial charge in [0.05, 0.1) is 12.2 Å². The lowest BCUT2D eigenvalue weighted by molar-refractivity contribution is -0.106. The van der Waals surface area contributed by atoms with Crippen molar-refractivity contribution < 1.29 is 4.74 Å². The smallest absolute Gasteiger partial charge is 0.0894 e. The van der Waals surface area contributed by atoms with Gasteiger partial charge >= 0.3 is 0 Å². The molecule has 1 aliphatic heterocycles. The van der Waals surface area contributed by atoms with Gasteiger partial charge in [-0.2, -0.15) is 0 Å². The number of fused-ring (bicyclic) bond motifs is 3. The van der Waals surface area contributed by atoms with Crippen molar-refractivity contribution in [3.05, 3.63) is 47.5 Å². The molecule has 0 spiro atoms. The van der Waals surface area contributed by atoms with E-state index in [0.717, 1.165) is 5.92 Å². The van der Waals surface area contributed by atoms with Crippen LogP contribution in [-0.2, 0) is 4.74 Å². The lowest BCUT2D eigenvalue weighted by Crippen LogP contribution is -2.41. The first-order valence-corrected chi connectivity index (χ1v) is 8.34. The Morgan fingerprint density at radius 2 is 1.65 bits per heavy atom. The summed E-state index contributed by atoms with van der Waals surface area (Å²) in [6.07, 6.45) is 12.6. The van der Waals surface area contributed by atoms with E-state index in [1.165, 1.54) is 50.5 Å². The number of benzene rings is 1. The van der Waals surface area contributed by atoms with Crippen LogP contribution in [0.25, 0.3) is 0 Å². The lowest BCUT2D eigenvalue weighted by Gasteiger charge is -2.47. The molecule has 1 saturated carbocycles. The number of ether oxygens (including phenoxy) is 1. The Hall–Kier alpha value is -1.08. The minimum atomic E-state index is 0.307. The first-order chi connectivity index (χ1) is 9.93. The van der Waals surface area contributed by atoms with Crippen LogP contribution >= 0.6 is 0 Å². The molecule has 1 nitrogen and oxygen atoms in total. The molecule has 0 N–H and O–H groups in total. The van der Waals surface area contributed by atoms with Crippen LogP contribution in [0.5, 0.6) is 0 Å². The Morgan fingerprint density at radius 1 is 0.850 bits per heavy atom. The molecule has 0 radical (unpaired) electrons. The van der Waals surface area contributed by atoms with E-state index in [1.54, 1.807) is 5.57 Å². The molecule has 4 atom stereocenters. The minimum absolute atomic E-state index is 0.307. The van der Waals surface area contributed by atoms with E-state index in [1.807, 2.05) is 0 Å². The maximum atomic E-state index is 6.61. The zero-order chi connectivity index (χ0) is 13.4. The summed E-state index contributed by atoms with van der Waals surface area (Å²) < 4.78 is 6.61. The Labute approximate surface area is 122 Å². The van der Waals surface area contributed by atoms with E-state index in [9.17, 15) is 0 Å². The highest BCUT2D eigenvalue weighted by Crippen LogP contribution is 2.50. The van der Waals surface area contributed by atoms with Crippen molar-refractivity contribution in [3.63, 3.8) is 0 Å². The zero-order valence-corrected chi connectivity index (χ0v) is 12.1. The van der Waals surface area contributed by atoms with E-state index in [4.69, 9.17) is 4.74 Å². The van der Waals surface area contributed by atoms with Crippen LogP contribution in [0.3, 0.4) is 0 Å². The Bertz CT molecular complexity index is 490. The summed E-state index contributed by atoms with van der Waals surface area (Å²) in [7, 11) is 0. The van der Waals surface area contributed by atoms with Gasteiger partial charge in [-0.05, 0) is 37.7 Å². The number of allylic oxidation sites excluding steroid dienone is 1. The summed E-state index contributed by atoms with van der Waals surface area (Å²) in [6, 6.07) is 10.9. The van der Waals surface area contributed by atoms with E-state index < -0.39 is 0 Å². The van der Waals surface area contributed by atoms with Crippen molar-refractivity contribution in [2.24, 2.45) is 11.8 Å². The van der Waals surface area contributed by atoms with Crippen molar-refractivity contribution in [1.82, 2.24) is 0 Å². The molecule has 0 aromatic heterocycles. The van der Waals surface area contributed by atoms with Gasteiger partial charge in [0, 0.05) is 11.8 Å². The van der Waals surface area contributed by atoms with Crippen LogP contribution in [0.2, 0.25) is 0 Å². The molecule has 3 aliphatic rings. The summed E-state index contributed by atoms with van der Waals surface area (Å²) in [6.45, 7) is 0. The molecule has 1 heterocycles. The van der Waals surface area contributed by atoms with Crippen LogP contribution in [0.15, 0.2) is 42.0 Å². The Balaban J connectivity index is 1.70. The first-order valence-electron chi connectivity index (χ1n) is 8.34. The van der Waals surface area contributed by atoms with Gasteiger partial charge in [0.25, 0.3) is 0 Å². The monoisotopic (exact) mass is 268 g/mol. The van der Waals surface area contributed by atoms with Crippen molar-refractivity contribution in [3.8, 4) is 0 Å². The van der Waals surface area contributed by atoms with Crippen LogP contribution in [0, 0.1) is 11.8 Å². The SMILES string of the molecule is C1=C2[C@@H]3CCCC[C@@H]3O[C@@H](c3ccccc3)[C@H]2CCC1. The fourth-order valence-corrected chi connectivity index (χ4v) is 4.55. The average molecular weight is 268 g/mol. The molecule has 4 rings (SSSR count). The van der Waals surface area contributed by atoms with Gasteiger partial charge in [-0.25, -0.2) is 0 Å². The van der Waals surface area contributed by atoms with Gasteiger partial charge in [-0.1, -0.05) is 54.8 Å². The van der Waals surface area contributed by atoms with E-state index in [2.05, 4.69) is 36.4 Å². The summed E-state index contributed by atoms with van der Waals surface area (Å²) in [4.78, 5) is 0. The summed E-state index contributed by atoms with van der Waals surface area (Å²) in [5, 5.41) is 0. The molecule has 1 saturated heterocycles. The molecule has 1 aromatic rings. The van der Waals surface area contributed by atoms with Crippen LogP contribution in [0.4, 0.5) is 0 Å². The number of hydrogen-bond donors (Lipinski definition) is 0. The molecule has 2 fully saturated rings. The number of hydrogen-bond acceptors (Lipinski definition) is 1. The summed E-state index contributed by atoms with van der Waals surface area (Å²) >= 11 is 0. The molecule has 106 valence electrons. The second-order valence-electron chi connectivity index (χ2n) is 6.64. The standard InChI is InChI=1S/C19H24O/c1-2-8-14(9-3-1)19-17-12-5-4-10-15(17)16-11-6-7-13-18(16)20-19/h1-3,8-10,16-19H,4-7,11-13H2/t16-,17-,18-,19-/m0/s1. The third-order valence-electron chi connectivity index (χ3n) is 5.47. The highest BCUT2D eigenvalue weighted by molar-refractivity contribution is 5.27. The molecule has 2 aliphatic carbocycles. The van der Waals surface area contributed by atoms with E-state index >= 15 is 0 Å². The molecule has 20 heavy (non-hydrogen) atoms. The Kier molecular flexibility index (Phi) is 3.39. The second-order valence-corrected chi connectivity index (χ2v) is 6.64. The largest absolute Gasteiger partial charge is 0.369 e. The zero-order valence-electron chi connectivity index (χ0n) is 12.1. The number of rotatable bonds is 1. The van der Waals surface area contributed by atoms with Crippen molar-refractivity contribution in [1.29, 1.82) is 0 Å². The fourth-order valence-electron chi connectivity index (χ4n) is 4.55. The minimum Gasteiger partial charge on any atom is -0.369 e. The molecule has 0 amide bonds. The average Bonchev–Trinajstić information content (AvgIpc) is 2.55. The van der Waals surface area contributed by atoms with Crippen LogP contribution in [-0.4, -0.2) is 6.10 Å². The van der Waals surface area contributed by atoms with E-state index in [-0.39, 0.29) is 0 Å². The van der Waals surface area contributed by atoms with Gasteiger partial charge in [-0.15, -0.1) is 0 Å². The van der Waals surface area contributed by atoms with Crippen molar-refractivity contribution >= 4 is 0 Å². The quantitative estimate of drug-likeness (QED) is 0.648. The topological polar surface area (TPSA) is 9.23 Å². The second kappa shape index (κ2) is 5.37. The molecule has 1 aromatic carbocycles. The predicted molar refractivity (Wildman–Crippen MR) is 81.4 cm³/mol. The van der Waals surface area contributed by atoms with Crippen LogP contribution < -0.4 is 0 Å². The first kappa shape index (κ1) is 12.6. The molecule has 1 heteroatoms.